The number of aryl methyl sites for hydroxylation is 3. The van der Waals surface area contributed by atoms with Crippen molar-refractivity contribution in [3.8, 4) is 11.3 Å². The summed E-state index contributed by atoms with van der Waals surface area (Å²) in [5.74, 6) is -0.874. The number of amides is 2. The summed E-state index contributed by atoms with van der Waals surface area (Å²) in [5, 5.41) is 16.7. The van der Waals surface area contributed by atoms with E-state index in [1.165, 1.54) is 61.9 Å². The van der Waals surface area contributed by atoms with E-state index >= 15 is 0 Å². The largest absolute Gasteiger partial charge is 0.354 e. The molecular formula is C37H36ClN11O6S. The van der Waals surface area contributed by atoms with Crippen molar-refractivity contribution >= 4 is 62.0 Å². The Morgan fingerprint density at radius 1 is 0.750 bits per heavy atom. The second kappa shape index (κ2) is 15.8. The molecule has 5 heterocycles. The van der Waals surface area contributed by atoms with Gasteiger partial charge in [-0.15, -0.1) is 11.3 Å². The van der Waals surface area contributed by atoms with Crippen LogP contribution in [0.2, 0.25) is 5.02 Å². The molecule has 0 aliphatic carbocycles. The molecule has 0 saturated carbocycles. The zero-order chi connectivity index (χ0) is 39.7. The minimum absolute atomic E-state index is 0.0268. The van der Waals surface area contributed by atoms with Crippen molar-refractivity contribution in [2.24, 2.45) is 14.1 Å². The maximum absolute atomic E-state index is 13.8. The first-order valence-corrected chi connectivity index (χ1v) is 18.9. The van der Waals surface area contributed by atoms with Gasteiger partial charge in [0.2, 0.25) is 11.8 Å². The van der Waals surface area contributed by atoms with Crippen LogP contribution < -0.4 is 33.1 Å². The number of anilines is 1. The highest BCUT2D eigenvalue weighted by Gasteiger charge is 2.21. The molecule has 2 aromatic carbocycles. The summed E-state index contributed by atoms with van der Waals surface area (Å²) in [7, 11) is 2.77. The normalized spacial score (nSPS) is 11.4. The van der Waals surface area contributed by atoms with Gasteiger partial charge in [-0.05, 0) is 36.1 Å². The fourth-order valence-electron chi connectivity index (χ4n) is 6.37. The minimum atomic E-state index is -0.710. The smallest absolute Gasteiger partial charge is 0.331 e. The van der Waals surface area contributed by atoms with Gasteiger partial charge < -0.3 is 10.6 Å². The van der Waals surface area contributed by atoms with Crippen LogP contribution in [0.4, 0.5) is 5.13 Å². The molecule has 0 fully saturated rings. The Bertz CT molecular complexity index is 2860. The van der Waals surface area contributed by atoms with Gasteiger partial charge in [0.1, 0.15) is 13.1 Å². The Morgan fingerprint density at radius 2 is 1.36 bits per heavy atom. The van der Waals surface area contributed by atoms with Crippen LogP contribution in [0.15, 0.2) is 85.5 Å². The second-order valence-electron chi connectivity index (χ2n) is 13.0. The molecule has 0 aliphatic heterocycles. The van der Waals surface area contributed by atoms with Gasteiger partial charge in [0.15, 0.2) is 16.2 Å². The van der Waals surface area contributed by atoms with Crippen molar-refractivity contribution in [2.45, 2.75) is 45.9 Å². The number of aromatic nitrogens is 9. The van der Waals surface area contributed by atoms with Crippen LogP contribution in [-0.2, 0) is 62.7 Å². The van der Waals surface area contributed by atoms with Crippen molar-refractivity contribution in [3.05, 3.63) is 124 Å². The quantitative estimate of drug-likeness (QED) is 0.176. The third-order valence-corrected chi connectivity index (χ3v) is 10.5. The molecule has 5 aromatic heterocycles. The summed E-state index contributed by atoms with van der Waals surface area (Å²) in [6, 6.07) is 15.3. The zero-order valence-corrected chi connectivity index (χ0v) is 32.1. The number of benzene rings is 2. The molecule has 2 N–H and O–H groups in total. The molecule has 7 rings (SSSR count). The Balaban J connectivity index is 1.08. The molecule has 2 amide bonds. The number of carbonyl (C=O) groups is 2. The first-order chi connectivity index (χ1) is 26.9. The monoisotopic (exact) mass is 797 g/mol. The Kier molecular flexibility index (Phi) is 10.7. The van der Waals surface area contributed by atoms with Crippen molar-refractivity contribution in [3.63, 3.8) is 0 Å². The molecule has 0 unspecified atom stereocenters. The average Bonchev–Trinajstić information content (AvgIpc) is 3.94. The number of nitrogens with zero attached hydrogens (tertiary/aromatic N) is 9. The highest BCUT2D eigenvalue weighted by Crippen LogP contribution is 2.26. The summed E-state index contributed by atoms with van der Waals surface area (Å²) < 4.78 is 6.71. The van der Waals surface area contributed by atoms with Crippen molar-refractivity contribution in [1.82, 2.24) is 48.1 Å². The van der Waals surface area contributed by atoms with Crippen molar-refractivity contribution < 1.29 is 9.59 Å². The van der Waals surface area contributed by atoms with Gasteiger partial charge in [-0.3, -0.25) is 37.4 Å². The maximum Gasteiger partial charge on any atom is 0.331 e. The summed E-state index contributed by atoms with van der Waals surface area (Å²) in [6.45, 7) is 1.36. The van der Waals surface area contributed by atoms with Gasteiger partial charge in [0, 0.05) is 49.7 Å². The van der Waals surface area contributed by atoms with E-state index in [1.807, 2.05) is 24.3 Å². The molecule has 7 aromatic rings. The predicted molar refractivity (Wildman–Crippen MR) is 212 cm³/mol. The van der Waals surface area contributed by atoms with E-state index in [2.05, 4.69) is 44.9 Å². The average molecular weight is 798 g/mol. The molecular weight excluding hydrogens is 762 g/mol. The fourth-order valence-corrected chi connectivity index (χ4v) is 7.24. The Labute approximate surface area is 326 Å². The SMILES string of the molecule is CCc1ccc(CCNC(=O)Cn2ncc3c2c(=O)n(CCn2c(=O)n(C)c(=O)c4c2cnn4CC(=O)Nc2nc(-c4ccc(Cl)cc4)cs2)c(=O)n3C)cc1. The maximum atomic E-state index is 13.8. The lowest BCUT2D eigenvalue weighted by molar-refractivity contribution is -0.121. The van der Waals surface area contributed by atoms with Crippen LogP contribution in [-0.4, -0.2) is 61.2 Å². The van der Waals surface area contributed by atoms with E-state index in [4.69, 9.17) is 11.6 Å². The minimum Gasteiger partial charge on any atom is -0.354 e. The molecule has 19 heteroatoms. The van der Waals surface area contributed by atoms with Crippen LogP contribution in [0.3, 0.4) is 0 Å². The molecule has 0 radical (unpaired) electrons. The Morgan fingerprint density at radius 3 is 2.05 bits per heavy atom. The van der Waals surface area contributed by atoms with Gasteiger partial charge in [-0.2, -0.15) is 10.2 Å². The van der Waals surface area contributed by atoms with E-state index in [9.17, 15) is 28.8 Å². The first-order valence-electron chi connectivity index (χ1n) is 17.6. The molecule has 0 aliphatic rings. The number of hydrogen-bond donors (Lipinski definition) is 2. The summed E-state index contributed by atoms with van der Waals surface area (Å²) in [5.41, 5.74) is 1.37. The number of nitrogens with one attached hydrogen (secondary N) is 2. The number of fused-ring (bicyclic) bond motifs is 2. The van der Waals surface area contributed by atoms with Gasteiger partial charge >= 0.3 is 11.4 Å². The van der Waals surface area contributed by atoms with E-state index in [1.54, 1.807) is 17.5 Å². The summed E-state index contributed by atoms with van der Waals surface area (Å²) in [6.07, 6.45) is 4.20. The predicted octanol–water partition coefficient (Wildman–Crippen LogP) is 2.14. The molecule has 0 saturated heterocycles. The van der Waals surface area contributed by atoms with E-state index < -0.39 is 28.4 Å². The molecule has 17 nitrogen and oxygen atoms in total. The van der Waals surface area contributed by atoms with E-state index in [0.717, 1.165) is 26.7 Å². The lowest BCUT2D eigenvalue weighted by Gasteiger charge is -2.13. The lowest BCUT2D eigenvalue weighted by Crippen LogP contribution is -2.43. The summed E-state index contributed by atoms with van der Waals surface area (Å²) in [4.78, 5) is 84.4. The van der Waals surface area contributed by atoms with Gasteiger partial charge in [-0.25, -0.2) is 23.9 Å². The third kappa shape index (κ3) is 7.47. The molecule has 56 heavy (non-hydrogen) atoms. The highest BCUT2D eigenvalue weighted by molar-refractivity contribution is 7.14. The van der Waals surface area contributed by atoms with Crippen molar-refractivity contribution in [1.29, 1.82) is 0 Å². The topological polar surface area (TPSA) is 195 Å². The lowest BCUT2D eigenvalue weighted by atomic mass is 10.1. The van der Waals surface area contributed by atoms with Gasteiger partial charge in [0.05, 0.1) is 29.1 Å². The zero-order valence-electron chi connectivity index (χ0n) is 30.6. The number of carbonyl (C=O) groups excluding carboxylic acids is 2. The standard InChI is InChI=1S/C37H36ClN11O6S/c1-4-22-5-7-23(8-6-22)13-14-39-29(50)19-48-31-27(17-40-48)44(2)36(54)47(34(31)53)16-15-46-28-18-41-49(32(28)33(52)45(3)37(46)55)20-30(51)43-35-42-26(21-56-35)24-9-11-25(38)12-10-24/h5-12,17-18,21H,4,13-16,19-20H2,1-3H3,(H,39,50)(H,42,43,51). The highest BCUT2D eigenvalue weighted by atomic mass is 35.5. The molecule has 0 spiro atoms. The van der Waals surface area contributed by atoms with Crippen LogP contribution in [0.25, 0.3) is 33.3 Å². The second-order valence-corrected chi connectivity index (χ2v) is 14.3. The summed E-state index contributed by atoms with van der Waals surface area (Å²) >= 11 is 7.20. The molecule has 0 atom stereocenters. The van der Waals surface area contributed by atoms with Crippen LogP contribution in [0.1, 0.15) is 18.1 Å². The van der Waals surface area contributed by atoms with Crippen LogP contribution in [0, 0.1) is 0 Å². The number of halogens is 1. The van der Waals surface area contributed by atoms with Crippen molar-refractivity contribution in [2.75, 3.05) is 11.9 Å². The molecule has 0 bridgehead atoms. The van der Waals surface area contributed by atoms with Gasteiger partial charge in [-0.1, -0.05) is 54.9 Å². The van der Waals surface area contributed by atoms with Crippen LogP contribution >= 0.6 is 22.9 Å². The van der Waals surface area contributed by atoms with E-state index in [-0.39, 0.29) is 54.2 Å². The molecule has 288 valence electrons. The first kappa shape index (κ1) is 37.9. The van der Waals surface area contributed by atoms with Gasteiger partial charge in [0.25, 0.3) is 11.1 Å². The number of hydrogen-bond acceptors (Lipinski definition) is 10. The third-order valence-electron chi connectivity index (χ3n) is 9.47. The Hall–Kier alpha value is -6.40. The number of thiazole rings is 1. The van der Waals surface area contributed by atoms with E-state index in [0.29, 0.717) is 28.8 Å². The number of rotatable bonds is 13. The fraction of sp³-hybridized carbons (Fsp3) is 0.270. The van der Waals surface area contributed by atoms with Crippen LogP contribution in [0.5, 0.6) is 0 Å².